The van der Waals surface area contributed by atoms with Crippen LogP contribution in [-0.4, -0.2) is 63.7 Å². The van der Waals surface area contributed by atoms with Gasteiger partial charge in [0.25, 0.3) is 0 Å². The number of halogens is 1. The normalized spacial score (nSPS) is 15.7. The van der Waals surface area contributed by atoms with E-state index in [1.54, 1.807) is 28.8 Å². The third-order valence-electron chi connectivity index (χ3n) is 8.05. The van der Waals surface area contributed by atoms with Gasteiger partial charge in [-0.05, 0) is 77.3 Å². The molecule has 238 valence electrons. The minimum atomic E-state index is -1.02. The Balaban J connectivity index is 1.66. The summed E-state index contributed by atoms with van der Waals surface area (Å²) in [6.07, 6.45) is 2.29. The minimum absolute atomic E-state index is 0.137. The molecule has 0 radical (unpaired) electrons. The maximum Gasteiger partial charge on any atom is 0.339 e. The first-order chi connectivity index (χ1) is 21.3. The number of hydrogen-bond donors (Lipinski definition) is 1. The number of carbonyl (C=O) groups excluding carboxylic acids is 1. The van der Waals surface area contributed by atoms with Gasteiger partial charge in [-0.25, -0.2) is 9.78 Å². The SMILES string of the molecule is C=CCOC1(C)CCN(c2c(C(OC(C)(C)C)C(=O)OC)c(C)nc3cc(-c4cccc(-c5cc(Cl)ccc5O)c4)nn23)CC1. The molecule has 2 aromatic carbocycles. The fourth-order valence-corrected chi connectivity index (χ4v) is 5.91. The van der Waals surface area contributed by atoms with Gasteiger partial charge in [0.15, 0.2) is 11.8 Å². The highest BCUT2D eigenvalue weighted by Gasteiger charge is 2.38. The van der Waals surface area contributed by atoms with Crippen LogP contribution in [0.15, 0.2) is 61.2 Å². The molecule has 1 atom stereocenters. The number of esters is 1. The molecular formula is C35H41ClN4O5. The van der Waals surface area contributed by atoms with E-state index in [2.05, 4.69) is 18.4 Å². The summed E-state index contributed by atoms with van der Waals surface area (Å²) in [5.74, 6) is 0.364. The molecule has 10 heteroatoms. The predicted molar refractivity (Wildman–Crippen MR) is 177 cm³/mol. The zero-order valence-corrected chi connectivity index (χ0v) is 27.5. The molecule has 1 N–H and O–H groups in total. The van der Waals surface area contributed by atoms with Gasteiger partial charge in [0.2, 0.25) is 0 Å². The number of methoxy groups -OCH3 is 1. The Morgan fingerprint density at radius 3 is 2.53 bits per heavy atom. The lowest BCUT2D eigenvalue weighted by atomic mass is 9.92. The minimum Gasteiger partial charge on any atom is -0.507 e. The highest BCUT2D eigenvalue weighted by Crippen LogP contribution is 2.39. The lowest BCUT2D eigenvalue weighted by Crippen LogP contribution is -2.45. The summed E-state index contributed by atoms with van der Waals surface area (Å²) in [4.78, 5) is 20.4. The van der Waals surface area contributed by atoms with E-state index in [1.807, 2.05) is 58.0 Å². The van der Waals surface area contributed by atoms with Crippen LogP contribution in [0.4, 0.5) is 5.82 Å². The molecular weight excluding hydrogens is 592 g/mol. The van der Waals surface area contributed by atoms with Gasteiger partial charge in [-0.1, -0.05) is 35.9 Å². The van der Waals surface area contributed by atoms with Gasteiger partial charge in [0.05, 0.1) is 36.2 Å². The number of aryl methyl sites for hydroxylation is 1. The number of aromatic hydroxyl groups is 1. The number of carbonyl (C=O) groups is 1. The number of anilines is 1. The number of phenolic OH excluding ortho intramolecular Hbond substituents is 1. The van der Waals surface area contributed by atoms with Crippen LogP contribution in [0.3, 0.4) is 0 Å². The summed E-state index contributed by atoms with van der Waals surface area (Å²) < 4.78 is 19.5. The first-order valence-electron chi connectivity index (χ1n) is 15.1. The predicted octanol–water partition coefficient (Wildman–Crippen LogP) is 7.32. The summed E-state index contributed by atoms with van der Waals surface area (Å²) in [5, 5.41) is 16.1. The number of piperidine rings is 1. The number of hydrogen-bond acceptors (Lipinski definition) is 8. The van der Waals surface area contributed by atoms with Crippen molar-refractivity contribution in [3.63, 3.8) is 0 Å². The first-order valence-corrected chi connectivity index (χ1v) is 15.5. The summed E-state index contributed by atoms with van der Waals surface area (Å²) in [6, 6.07) is 14.7. The average Bonchev–Trinajstić information content (AvgIpc) is 3.43. The number of ether oxygens (including phenoxy) is 3. The molecule has 5 rings (SSSR count). The zero-order valence-electron chi connectivity index (χ0n) is 26.8. The number of phenols is 1. The van der Waals surface area contributed by atoms with Gasteiger partial charge < -0.3 is 24.2 Å². The molecule has 1 aliphatic heterocycles. The highest BCUT2D eigenvalue weighted by molar-refractivity contribution is 6.31. The third-order valence-corrected chi connectivity index (χ3v) is 8.29. The maximum absolute atomic E-state index is 13.3. The van der Waals surface area contributed by atoms with Crippen molar-refractivity contribution in [2.75, 3.05) is 31.7 Å². The number of fused-ring (bicyclic) bond motifs is 1. The van der Waals surface area contributed by atoms with Crippen molar-refractivity contribution < 1.29 is 24.1 Å². The van der Waals surface area contributed by atoms with Crippen LogP contribution in [-0.2, 0) is 19.0 Å². The van der Waals surface area contributed by atoms with Crippen LogP contribution in [0.2, 0.25) is 5.02 Å². The van der Waals surface area contributed by atoms with Crippen LogP contribution >= 0.6 is 11.6 Å². The maximum atomic E-state index is 13.3. The largest absolute Gasteiger partial charge is 0.507 e. The van der Waals surface area contributed by atoms with Gasteiger partial charge in [-0.3, -0.25) is 0 Å². The average molecular weight is 633 g/mol. The molecule has 0 amide bonds. The third kappa shape index (κ3) is 7.01. The van der Waals surface area contributed by atoms with Crippen LogP contribution in [0.25, 0.3) is 28.0 Å². The van der Waals surface area contributed by atoms with Gasteiger partial charge in [0.1, 0.15) is 11.6 Å². The second kappa shape index (κ2) is 12.8. The Hall–Kier alpha value is -3.92. The van der Waals surface area contributed by atoms with Crippen molar-refractivity contribution in [3.05, 3.63) is 77.5 Å². The van der Waals surface area contributed by atoms with Crippen molar-refractivity contribution in [3.8, 4) is 28.1 Å². The summed E-state index contributed by atoms with van der Waals surface area (Å²) in [7, 11) is 1.36. The molecule has 4 aromatic rings. The lowest BCUT2D eigenvalue weighted by Gasteiger charge is -2.41. The fraction of sp³-hybridized carbons (Fsp3) is 0.400. The topological polar surface area (TPSA) is 98.4 Å². The van der Waals surface area contributed by atoms with Crippen LogP contribution < -0.4 is 4.90 Å². The van der Waals surface area contributed by atoms with E-state index < -0.39 is 17.7 Å². The first kappa shape index (κ1) is 32.5. The summed E-state index contributed by atoms with van der Waals surface area (Å²) in [6.45, 7) is 15.3. The number of rotatable bonds is 9. The van der Waals surface area contributed by atoms with E-state index in [0.717, 1.165) is 29.8 Å². The Morgan fingerprint density at radius 2 is 1.87 bits per heavy atom. The molecule has 0 aliphatic carbocycles. The molecule has 45 heavy (non-hydrogen) atoms. The molecule has 1 unspecified atom stereocenters. The molecule has 9 nitrogen and oxygen atoms in total. The zero-order chi connectivity index (χ0) is 32.5. The molecule has 2 aromatic heterocycles. The Morgan fingerprint density at radius 1 is 1.16 bits per heavy atom. The van der Waals surface area contributed by atoms with Gasteiger partial charge >= 0.3 is 5.97 Å². The standard InChI is InChI=1S/C35H41ClN4O5/c1-8-18-44-35(6)14-16-39(17-15-35)32-30(31(33(42)43-7)45-34(3,4)5)22(2)37-29-21-27(38-40(29)32)24-11-9-10-23(19-24)26-20-25(36)12-13-28(26)41/h8-13,19-21,31,41H,1,14-18H2,2-7H3. The molecule has 0 bridgehead atoms. The molecule has 1 fully saturated rings. The Kier molecular flexibility index (Phi) is 9.26. The van der Waals surface area contributed by atoms with E-state index in [-0.39, 0.29) is 11.4 Å². The van der Waals surface area contributed by atoms with Crippen molar-refractivity contribution in [2.45, 2.75) is 64.8 Å². The molecule has 0 spiro atoms. The van der Waals surface area contributed by atoms with Crippen molar-refractivity contribution >= 4 is 29.0 Å². The summed E-state index contributed by atoms with van der Waals surface area (Å²) in [5.41, 5.74) is 3.91. The van der Waals surface area contributed by atoms with Gasteiger partial charge in [0, 0.05) is 41.0 Å². The van der Waals surface area contributed by atoms with Gasteiger partial charge in [-0.15, -0.1) is 6.58 Å². The Labute approximate surface area is 269 Å². The van der Waals surface area contributed by atoms with Crippen LogP contribution in [0, 0.1) is 6.92 Å². The van der Waals surface area contributed by atoms with Crippen molar-refractivity contribution in [1.82, 2.24) is 14.6 Å². The molecule has 1 saturated heterocycles. The fourth-order valence-electron chi connectivity index (χ4n) is 5.73. The van der Waals surface area contributed by atoms with Gasteiger partial charge in [-0.2, -0.15) is 9.61 Å². The second-order valence-electron chi connectivity index (χ2n) is 12.6. The second-order valence-corrected chi connectivity index (χ2v) is 13.1. The number of aromatic nitrogens is 3. The van der Waals surface area contributed by atoms with Crippen LogP contribution in [0.1, 0.15) is 57.9 Å². The smallest absolute Gasteiger partial charge is 0.339 e. The highest BCUT2D eigenvalue weighted by atomic mass is 35.5. The molecule has 1 aliphatic rings. The molecule has 3 heterocycles. The quantitative estimate of drug-likeness (QED) is 0.151. The lowest BCUT2D eigenvalue weighted by molar-refractivity contribution is -0.164. The van der Waals surface area contributed by atoms with E-state index in [4.69, 9.17) is 35.9 Å². The van der Waals surface area contributed by atoms with Crippen molar-refractivity contribution in [1.29, 1.82) is 0 Å². The van der Waals surface area contributed by atoms with E-state index in [1.165, 1.54) is 7.11 Å². The van der Waals surface area contributed by atoms with Crippen molar-refractivity contribution in [2.24, 2.45) is 0 Å². The molecule has 0 saturated carbocycles. The monoisotopic (exact) mass is 632 g/mol. The summed E-state index contributed by atoms with van der Waals surface area (Å²) >= 11 is 6.24. The number of benzene rings is 2. The van der Waals surface area contributed by atoms with E-state index >= 15 is 0 Å². The van der Waals surface area contributed by atoms with Crippen LogP contribution in [0.5, 0.6) is 5.75 Å². The van der Waals surface area contributed by atoms with E-state index in [0.29, 0.717) is 52.9 Å². The van der Waals surface area contributed by atoms with E-state index in [9.17, 15) is 9.90 Å². The Bertz CT molecular complexity index is 1720. The number of nitrogens with zero attached hydrogens (tertiary/aromatic N) is 4.